The maximum absolute atomic E-state index is 10.7. The van der Waals surface area contributed by atoms with Gasteiger partial charge < -0.3 is 0 Å². The number of nitro groups is 1. The van der Waals surface area contributed by atoms with E-state index in [1.807, 2.05) is 0 Å². The van der Waals surface area contributed by atoms with Crippen LogP contribution in [0, 0.1) is 17.0 Å². The van der Waals surface area contributed by atoms with Gasteiger partial charge in [0.1, 0.15) is 0 Å². The lowest BCUT2D eigenvalue weighted by molar-refractivity contribution is -0.386. The Labute approximate surface area is 79.9 Å². The van der Waals surface area contributed by atoms with Gasteiger partial charge >= 0.3 is 0 Å². The fraction of sp³-hybridized carbons (Fsp3) is 0.250. The lowest BCUT2D eigenvalue weighted by Gasteiger charge is -2.01. The van der Waals surface area contributed by atoms with Gasteiger partial charge in [0, 0.05) is 16.0 Å². The average molecular weight is 192 g/mol. The molecule has 0 heterocycles. The van der Waals surface area contributed by atoms with Gasteiger partial charge in [-0.3, -0.25) is 10.1 Å². The number of benzene rings is 1. The quantitative estimate of drug-likeness (QED) is 0.242. The Morgan fingerprint density at radius 3 is 2.93 bits per heavy atom. The summed E-state index contributed by atoms with van der Waals surface area (Å²) in [5.41, 5.74) is 9.15. The van der Waals surface area contributed by atoms with Gasteiger partial charge in [-0.15, -0.1) is 0 Å². The van der Waals surface area contributed by atoms with Crippen LogP contribution in [-0.2, 0) is 6.54 Å². The normalized spacial score (nSPS) is 9.21. The standard InChI is InChI=1S/C8H8N4O2/c1-6-3-2-4-7(5-10-11-9)8(6)12(13)14/h2-4H,5H2,1H3. The summed E-state index contributed by atoms with van der Waals surface area (Å²) in [7, 11) is 0. The number of aryl methyl sites for hydroxylation is 1. The molecule has 0 aliphatic rings. The number of hydrogen-bond acceptors (Lipinski definition) is 3. The third kappa shape index (κ3) is 1.99. The number of para-hydroxylation sites is 1. The van der Waals surface area contributed by atoms with Crippen molar-refractivity contribution in [3.63, 3.8) is 0 Å². The van der Waals surface area contributed by atoms with Crippen LogP contribution in [0.5, 0.6) is 0 Å². The molecule has 0 saturated carbocycles. The fourth-order valence-electron chi connectivity index (χ4n) is 1.22. The first-order valence-corrected chi connectivity index (χ1v) is 3.90. The molecule has 0 saturated heterocycles. The van der Waals surface area contributed by atoms with Crippen molar-refractivity contribution in [2.75, 3.05) is 0 Å². The molecule has 0 aliphatic heterocycles. The Morgan fingerprint density at radius 1 is 1.64 bits per heavy atom. The summed E-state index contributed by atoms with van der Waals surface area (Å²) in [5.74, 6) is 0. The molecule has 0 aromatic heterocycles. The molecule has 0 amide bonds. The van der Waals surface area contributed by atoms with E-state index in [0.29, 0.717) is 11.1 Å². The molecular weight excluding hydrogens is 184 g/mol. The molecule has 1 rings (SSSR count). The molecule has 0 atom stereocenters. The van der Waals surface area contributed by atoms with Gasteiger partial charge in [-0.25, -0.2) is 0 Å². The van der Waals surface area contributed by atoms with Crippen molar-refractivity contribution in [3.8, 4) is 0 Å². The highest BCUT2D eigenvalue weighted by atomic mass is 16.6. The summed E-state index contributed by atoms with van der Waals surface area (Å²) >= 11 is 0. The Morgan fingerprint density at radius 2 is 2.36 bits per heavy atom. The van der Waals surface area contributed by atoms with Crippen molar-refractivity contribution in [2.24, 2.45) is 5.11 Å². The van der Waals surface area contributed by atoms with Gasteiger partial charge in [0.25, 0.3) is 5.69 Å². The summed E-state index contributed by atoms with van der Waals surface area (Å²) < 4.78 is 0. The van der Waals surface area contributed by atoms with Crippen molar-refractivity contribution in [3.05, 3.63) is 49.9 Å². The van der Waals surface area contributed by atoms with E-state index in [0.717, 1.165) is 0 Å². The second-order valence-electron chi connectivity index (χ2n) is 2.73. The first-order valence-electron chi connectivity index (χ1n) is 3.90. The summed E-state index contributed by atoms with van der Waals surface area (Å²) in [6, 6.07) is 4.93. The lowest BCUT2D eigenvalue weighted by Crippen LogP contribution is -1.96. The third-order valence-corrected chi connectivity index (χ3v) is 1.81. The highest BCUT2D eigenvalue weighted by Gasteiger charge is 2.15. The molecule has 0 bridgehead atoms. The highest BCUT2D eigenvalue weighted by molar-refractivity contribution is 5.46. The number of nitro benzene ring substituents is 1. The van der Waals surface area contributed by atoms with E-state index < -0.39 is 4.92 Å². The maximum atomic E-state index is 10.7. The molecule has 1 aromatic rings. The summed E-state index contributed by atoms with van der Waals surface area (Å²) in [5, 5.41) is 14.0. The predicted octanol–water partition coefficient (Wildman–Crippen LogP) is 2.71. The van der Waals surface area contributed by atoms with Crippen LogP contribution in [0.4, 0.5) is 5.69 Å². The molecule has 1 aromatic carbocycles. The Hall–Kier alpha value is -2.07. The molecule has 0 unspecified atom stereocenters. The van der Waals surface area contributed by atoms with Crippen LogP contribution in [0.15, 0.2) is 23.3 Å². The molecule has 6 heteroatoms. The molecule has 72 valence electrons. The van der Waals surface area contributed by atoms with Crippen LogP contribution in [0.1, 0.15) is 11.1 Å². The number of azide groups is 1. The molecule has 0 spiro atoms. The van der Waals surface area contributed by atoms with Gasteiger partial charge in [-0.05, 0) is 12.5 Å². The first-order chi connectivity index (χ1) is 6.66. The van der Waals surface area contributed by atoms with Crippen molar-refractivity contribution < 1.29 is 4.92 Å². The van der Waals surface area contributed by atoms with E-state index in [4.69, 9.17) is 5.53 Å². The zero-order chi connectivity index (χ0) is 10.6. The maximum Gasteiger partial charge on any atom is 0.275 e. The third-order valence-electron chi connectivity index (χ3n) is 1.81. The molecule has 0 aliphatic carbocycles. The van der Waals surface area contributed by atoms with E-state index in [1.54, 1.807) is 25.1 Å². The van der Waals surface area contributed by atoms with Gasteiger partial charge in [0.15, 0.2) is 0 Å². The van der Waals surface area contributed by atoms with Crippen LogP contribution in [0.3, 0.4) is 0 Å². The number of nitrogens with zero attached hydrogens (tertiary/aromatic N) is 4. The Balaban J connectivity index is 3.20. The number of rotatable bonds is 3. The van der Waals surface area contributed by atoms with E-state index in [2.05, 4.69) is 10.0 Å². The van der Waals surface area contributed by atoms with E-state index in [1.165, 1.54) is 0 Å². The zero-order valence-corrected chi connectivity index (χ0v) is 7.54. The fourth-order valence-corrected chi connectivity index (χ4v) is 1.22. The SMILES string of the molecule is Cc1cccc(CN=[N+]=[N-])c1[N+](=O)[O-]. The van der Waals surface area contributed by atoms with Crippen LogP contribution >= 0.6 is 0 Å². The minimum absolute atomic E-state index is 0.00843. The molecule has 0 radical (unpaired) electrons. The van der Waals surface area contributed by atoms with Crippen molar-refractivity contribution in [1.29, 1.82) is 0 Å². The predicted molar refractivity (Wildman–Crippen MR) is 50.7 cm³/mol. The monoisotopic (exact) mass is 192 g/mol. The molecular formula is C8H8N4O2. The van der Waals surface area contributed by atoms with Gasteiger partial charge in [-0.2, -0.15) is 0 Å². The Bertz CT molecular complexity index is 410. The van der Waals surface area contributed by atoms with Crippen LogP contribution in [0.2, 0.25) is 0 Å². The van der Waals surface area contributed by atoms with Crippen molar-refractivity contribution in [1.82, 2.24) is 0 Å². The van der Waals surface area contributed by atoms with Crippen LogP contribution in [0.25, 0.3) is 10.4 Å². The van der Waals surface area contributed by atoms with Crippen molar-refractivity contribution >= 4 is 5.69 Å². The highest BCUT2D eigenvalue weighted by Crippen LogP contribution is 2.23. The Kier molecular flexibility index (Phi) is 3.04. The second-order valence-corrected chi connectivity index (χ2v) is 2.73. The van der Waals surface area contributed by atoms with Crippen LogP contribution in [-0.4, -0.2) is 4.92 Å². The summed E-state index contributed by atoms with van der Waals surface area (Å²) in [6.07, 6.45) is 0. The molecule has 0 fully saturated rings. The second kappa shape index (κ2) is 4.25. The average Bonchev–Trinajstić information content (AvgIpc) is 2.14. The minimum atomic E-state index is -0.461. The number of hydrogen-bond donors (Lipinski definition) is 0. The molecule has 14 heavy (non-hydrogen) atoms. The largest absolute Gasteiger partial charge is 0.275 e. The van der Waals surface area contributed by atoms with E-state index in [9.17, 15) is 10.1 Å². The molecule has 0 N–H and O–H groups in total. The van der Waals surface area contributed by atoms with Crippen molar-refractivity contribution in [2.45, 2.75) is 13.5 Å². The zero-order valence-electron chi connectivity index (χ0n) is 7.54. The van der Waals surface area contributed by atoms with Gasteiger partial charge in [-0.1, -0.05) is 23.3 Å². The van der Waals surface area contributed by atoms with E-state index >= 15 is 0 Å². The minimum Gasteiger partial charge on any atom is -0.258 e. The summed E-state index contributed by atoms with van der Waals surface area (Å²) in [4.78, 5) is 12.8. The first kappa shape index (κ1) is 10.0. The van der Waals surface area contributed by atoms with Gasteiger partial charge in [0.2, 0.25) is 0 Å². The summed E-state index contributed by atoms with van der Waals surface area (Å²) in [6.45, 7) is 1.66. The van der Waals surface area contributed by atoms with E-state index in [-0.39, 0.29) is 12.2 Å². The van der Waals surface area contributed by atoms with Gasteiger partial charge in [0.05, 0.1) is 11.5 Å². The molecule has 6 nitrogen and oxygen atoms in total. The smallest absolute Gasteiger partial charge is 0.258 e. The van der Waals surface area contributed by atoms with Crippen LogP contribution < -0.4 is 0 Å². The topological polar surface area (TPSA) is 91.9 Å². The lowest BCUT2D eigenvalue weighted by atomic mass is 10.1.